The fourth-order valence-electron chi connectivity index (χ4n) is 3.07. The van der Waals surface area contributed by atoms with Gasteiger partial charge in [-0.3, -0.25) is 9.59 Å². The molecule has 1 amide bonds. The Balaban J connectivity index is 2.08. The zero-order chi connectivity index (χ0) is 15.2. The SMILES string of the molecule is Cc1noc(C)c1C(C)NC(=O)[C@H]1[C@@H](C(=O)O)C1(C)C. The van der Waals surface area contributed by atoms with Crippen LogP contribution in [0.1, 0.15) is 43.8 Å². The van der Waals surface area contributed by atoms with E-state index in [1.54, 1.807) is 20.8 Å². The van der Waals surface area contributed by atoms with Gasteiger partial charge in [-0.25, -0.2) is 0 Å². The molecule has 0 bridgehead atoms. The van der Waals surface area contributed by atoms with E-state index in [1.165, 1.54) is 0 Å². The summed E-state index contributed by atoms with van der Waals surface area (Å²) in [5.41, 5.74) is 1.10. The van der Waals surface area contributed by atoms with Crippen LogP contribution in [0, 0.1) is 31.1 Å². The van der Waals surface area contributed by atoms with Gasteiger partial charge in [0.1, 0.15) is 5.76 Å². The number of nitrogens with one attached hydrogen (secondary N) is 1. The zero-order valence-corrected chi connectivity index (χ0v) is 12.4. The van der Waals surface area contributed by atoms with Crippen molar-refractivity contribution >= 4 is 11.9 Å². The quantitative estimate of drug-likeness (QED) is 0.877. The third-order valence-corrected chi connectivity index (χ3v) is 4.26. The topological polar surface area (TPSA) is 92.4 Å². The number of carboxylic acid groups (broad SMARTS) is 1. The number of hydrogen-bond acceptors (Lipinski definition) is 4. The molecule has 1 unspecified atom stereocenters. The largest absolute Gasteiger partial charge is 0.481 e. The molecular formula is C14H20N2O4. The van der Waals surface area contributed by atoms with Gasteiger partial charge in [-0.15, -0.1) is 0 Å². The number of aryl methyl sites for hydroxylation is 2. The Bertz CT molecular complexity index is 542. The summed E-state index contributed by atoms with van der Waals surface area (Å²) < 4.78 is 5.08. The van der Waals surface area contributed by atoms with Crippen LogP contribution < -0.4 is 5.32 Å². The number of aliphatic carboxylic acids is 1. The molecule has 6 heteroatoms. The average molecular weight is 280 g/mol. The smallest absolute Gasteiger partial charge is 0.307 e. The van der Waals surface area contributed by atoms with Crippen molar-refractivity contribution in [3.63, 3.8) is 0 Å². The van der Waals surface area contributed by atoms with Crippen LogP contribution in [-0.4, -0.2) is 22.1 Å². The van der Waals surface area contributed by atoms with E-state index in [4.69, 9.17) is 9.63 Å². The predicted octanol–water partition coefficient (Wildman–Crippen LogP) is 1.83. The van der Waals surface area contributed by atoms with Crippen LogP contribution in [0.2, 0.25) is 0 Å². The number of nitrogens with zero attached hydrogens (tertiary/aromatic N) is 1. The Labute approximate surface area is 117 Å². The van der Waals surface area contributed by atoms with Gasteiger partial charge in [0.15, 0.2) is 0 Å². The monoisotopic (exact) mass is 280 g/mol. The lowest BCUT2D eigenvalue weighted by Gasteiger charge is -2.14. The third kappa shape index (κ3) is 2.19. The van der Waals surface area contributed by atoms with E-state index < -0.39 is 23.2 Å². The van der Waals surface area contributed by atoms with Gasteiger partial charge in [0, 0.05) is 5.56 Å². The van der Waals surface area contributed by atoms with Crippen LogP contribution in [0.3, 0.4) is 0 Å². The molecule has 1 aromatic heterocycles. The Morgan fingerprint density at radius 3 is 2.35 bits per heavy atom. The highest BCUT2D eigenvalue weighted by molar-refractivity contribution is 5.91. The highest BCUT2D eigenvalue weighted by atomic mass is 16.5. The molecule has 2 rings (SSSR count). The molecule has 1 saturated carbocycles. The summed E-state index contributed by atoms with van der Waals surface area (Å²) in [6, 6.07) is -0.250. The zero-order valence-electron chi connectivity index (χ0n) is 12.4. The second kappa shape index (κ2) is 4.61. The van der Waals surface area contributed by atoms with E-state index in [9.17, 15) is 9.59 Å². The Hall–Kier alpha value is -1.85. The minimum Gasteiger partial charge on any atom is -0.481 e. The van der Waals surface area contributed by atoms with E-state index in [0.29, 0.717) is 5.76 Å². The summed E-state index contributed by atoms with van der Waals surface area (Å²) in [6.07, 6.45) is 0. The summed E-state index contributed by atoms with van der Waals surface area (Å²) in [6.45, 7) is 9.05. The van der Waals surface area contributed by atoms with Gasteiger partial charge in [0.2, 0.25) is 5.91 Å². The average Bonchev–Trinajstić information content (AvgIpc) is 2.74. The van der Waals surface area contributed by atoms with Crippen molar-refractivity contribution in [1.82, 2.24) is 10.5 Å². The predicted molar refractivity (Wildman–Crippen MR) is 70.9 cm³/mol. The summed E-state index contributed by atoms with van der Waals surface area (Å²) in [4.78, 5) is 23.3. The third-order valence-electron chi connectivity index (χ3n) is 4.26. The standard InChI is InChI=1S/C14H20N2O4/c1-6(9-7(2)16-20-8(9)3)15-12(17)10-11(13(18)19)14(10,4)5/h6,10-11H,1-5H3,(H,15,17)(H,18,19)/t6?,10-,11+/m1/s1. The molecule has 1 aliphatic carbocycles. The van der Waals surface area contributed by atoms with Gasteiger partial charge in [0.05, 0.1) is 23.6 Å². The second-order valence-corrected chi connectivity index (χ2v) is 6.08. The minimum atomic E-state index is -0.917. The van der Waals surface area contributed by atoms with Crippen molar-refractivity contribution in [2.75, 3.05) is 0 Å². The molecule has 1 aromatic rings. The second-order valence-electron chi connectivity index (χ2n) is 6.08. The van der Waals surface area contributed by atoms with Gasteiger partial charge in [-0.1, -0.05) is 19.0 Å². The Morgan fingerprint density at radius 2 is 1.95 bits per heavy atom. The fraction of sp³-hybridized carbons (Fsp3) is 0.643. The highest BCUT2D eigenvalue weighted by Gasteiger charge is 2.65. The summed E-state index contributed by atoms with van der Waals surface area (Å²) in [5, 5.41) is 15.8. The molecule has 20 heavy (non-hydrogen) atoms. The first-order valence-corrected chi connectivity index (χ1v) is 6.63. The Morgan fingerprint density at radius 1 is 1.35 bits per heavy atom. The summed E-state index contributed by atoms with van der Waals surface area (Å²) in [7, 11) is 0. The molecule has 0 saturated heterocycles. The van der Waals surface area contributed by atoms with Crippen molar-refractivity contribution in [3.05, 3.63) is 17.0 Å². The van der Waals surface area contributed by atoms with Crippen molar-refractivity contribution < 1.29 is 19.2 Å². The molecule has 1 fully saturated rings. The lowest BCUT2D eigenvalue weighted by Crippen LogP contribution is -2.30. The first-order valence-electron chi connectivity index (χ1n) is 6.63. The van der Waals surface area contributed by atoms with Crippen LogP contribution in [-0.2, 0) is 9.59 Å². The molecule has 0 aliphatic heterocycles. The molecule has 3 atom stereocenters. The van der Waals surface area contributed by atoms with Gasteiger partial charge in [-0.05, 0) is 26.2 Å². The number of hydrogen-bond donors (Lipinski definition) is 2. The minimum absolute atomic E-state index is 0.227. The molecule has 0 radical (unpaired) electrons. The number of rotatable bonds is 4. The van der Waals surface area contributed by atoms with Gasteiger partial charge < -0.3 is 14.9 Å². The normalized spacial score (nSPS) is 25.1. The molecular weight excluding hydrogens is 260 g/mol. The van der Waals surface area contributed by atoms with E-state index >= 15 is 0 Å². The van der Waals surface area contributed by atoms with Crippen molar-refractivity contribution in [3.8, 4) is 0 Å². The van der Waals surface area contributed by atoms with E-state index in [2.05, 4.69) is 10.5 Å². The van der Waals surface area contributed by atoms with Gasteiger partial charge in [-0.2, -0.15) is 0 Å². The first kappa shape index (κ1) is 14.6. The molecule has 1 aliphatic rings. The van der Waals surface area contributed by atoms with Crippen molar-refractivity contribution in [1.29, 1.82) is 0 Å². The molecule has 1 heterocycles. The molecule has 2 N–H and O–H groups in total. The van der Waals surface area contributed by atoms with Crippen LogP contribution in [0.15, 0.2) is 4.52 Å². The van der Waals surface area contributed by atoms with E-state index in [1.807, 2.05) is 13.8 Å². The molecule has 6 nitrogen and oxygen atoms in total. The van der Waals surface area contributed by atoms with E-state index in [-0.39, 0.29) is 11.9 Å². The summed E-state index contributed by atoms with van der Waals surface area (Å²) >= 11 is 0. The van der Waals surface area contributed by atoms with Crippen LogP contribution in [0.25, 0.3) is 0 Å². The molecule has 0 aromatic carbocycles. The Kier molecular flexibility index (Phi) is 3.36. The number of carbonyl (C=O) groups excluding carboxylic acids is 1. The maximum absolute atomic E-state index is 12.2. The molecule has 110 valence electrons. The lowest BCUT2D eigenvalue weighted by molar-refractivity contribution is -0.140. The van der Waals surface area contributed by atoms with Crippen LogP contribution >= 0.6 is 0 Å². The summed E-state index contributed by atoms with van der Waals surface area (Å²) in [5.74, 6) is -1.57. The van der Waals surface area contributed by atoms with E-state index in [0.717, 1.165) is 11.3 Å². The van der Waals surface area contributed by atoms with Crippen molar-refractivity contribution in [2.24, 2.45) is 17.3 Å². The van der Waals surface area contributed by atoms with Gasteiger partial charge >= 0.3 is 5.97 Å². The maximum atomic E-state index is 12.2. The fourth-order valence-corrected chi connectivity index (χ4v) is 3.07. The van der Waals surface area contributed by atoms with Crippen molar-refractivity contribution in [2.45, 2.75) is 40.7 Å². The van der Waals surface area contributed by atoms with Gasteiger partial charge in [0.25, 0.3) is 0 Å². The highest BCUT2D eigenvalue weighted by Crippen LogP contribution is 2.58. The maximum Gasteiger partial charge on any atom is 0.307 e. The first-order chi connectivity index (χ1) is 9.17. The number of aromatic nitrogens is 1. The van der Waals surface area contributed by atoms with Crippen LogP contribution in [0.4, 0.5) is 0 Å². The number of carboxylic acids is 1. The lowest BCUT2D eigenvalue weighted by atomic mass is 10.1. The van der Waals surface area contributed by atoms with Crippen LogP contribution in [0.5, 0.6) is 0 Å². The number of carbonyl (C=O) groups is 2. The number of amides is 1. The molecule has 0 spiro atoms.